The molecule has 0 saturated carbocycles. The normalized spacial score (nSPS) is 22.7. The van der Waals surface area contributed by atoms with Crippen LogP contribution in [-0.2, 0) is 0 Å². The molecule has 1 amide bonds. The van der Waals surface area contributed by atoms with Crippen LogP contribution in [0.1, 0.15) is 34.7 Å². The average Bonchev–Trinajstić information content (AvgIpc) is 3.23. The summed E-state index contributed by atoms with van der Waals surface area (Å²) in [5.41, 5.74) is 8.36. The molecule has 1 aromatic heterocycles. The Morgan fingerprint density at radius 1 is 1.21 bits per heavy atom. The fourth-order valence-electron chi connectivity index (χ4n) is 4.47. The number of hydrogen-bond donors (Lipinski definition) is 2. The van der Waals surface area contributed by atoms with Crippen LogP contribution in [-0.4, -0.2) is 55.6 Å². The Balaban J connectivity index is 1.38. The van der Waals surface area contributed by atoms with E-state index >= 15 is 0 Å². The first-order chi connectivity index (χ1) is 14.0. The zero-order chi connectivity index (χ0) is 20.4. The maximum absolute atomic E-state index is 13.7. The van der Waals surface area contributed by atoms with Gasteiger partial charge in [0, 0.05) is 51.9 Å². The van der Waals surface area contributed by atoms with Gasteiger partial charge in [-0.25, -0.2) is 9.37 Å². The number of piperidine rings is 1. The largest absolute Gasteiger partial charge is 0.357 e. The minimum absolute atomic E-state index is 0.0362. The number of aromatic nitrogens is 1. The number of halogens is 1. The van der Waals surface area contributed by atoms with E-state index in [9.17, 15) is 9.18 Å². The van der Waals surface area contributed by atoms with Gasteiger partial charge in [-0.15, -0.1) is 0 Å². The van der Waals surface area contributed by atoms with Gasteiger partial charge in [0.05, 0.1) is 5.56 Å². The third-order valence-electron chi connectivity index (χ3n) is 6.07. The van der Waals surface area contributed by atoms with Crippen molar-refractivity contribution >= 4 is 11.7 Å². The highest BCUT2D eigenvalue weighted by Gasteiger charge is 2.36. The molecule has 6 nitrogen and oxygen atoms in total. The van der Waals surface area contributed by atoms with E-state index in [0.717, 1.165) is 43.9 Å². The topological polar surface area (TPSA) is 60.5 Å². The van der Waals surface area contributed by atoms with Gasteiger partial charge in [0.15, 0.2) is 0 Å². The quantitative estimate of drug-likeness (QED) is 0.830. The second kappa shape index (κ2) is 8.47. The number of rotatable bonds is 4. The number of benzene rings is 1. The van der Waals surface area contributed by atoms with Gasteiger partial charge < -0.3 is 9.80 Å². The molecule has 29 heavy (non-hydrogen) atoms. The van der Waals surface area contributed by atoms with Gasteiger partial charge in [-0.2, -0.15) is 0 Å². The van der Waals surface area contributed by atoms with E-state index in [1.54, 1.807) is 37.3 Å². The molecule has 0 aliphatic carbocycles. The minimum Gasteiger partial charge on any atom is -0.357 e. The molecular formula is C22H28FN5O. The number of nitrogens with one attached hydrogen (secondary N) is 2. The highest BCUT2D eigenvalue weighted by atomic mass is 19.1. The summed E-state index contributed by atoms with van der Waals surface area (Å²) in [6.45, 7) is 2.66. The average molecular weight is 397 g/mol. The lowest BCUT2D eigenvalue weighted by Gasteiger charge is -2.37. The lowest BCUT2D eigenvalue weighted by molar-refractivity contribution is 0.0827. The van der Waals surface area contributed by atoms with E-state index in [0.29, 0.717) is 17.5 Å². The first-order valence-corrected chi connectivity index (χ1v) is 10.2. The van der Waals surface area contributed by atoms with Crippen LogP contribution in [0, 0.1) is 11.7 Å². The highest BCUT2D eigenvalue weighted by molar-refractivity contribution is 5.93. The van der Waals surface area contributed by atoms with E-state index in [1.165, 1.54) is 6.07 Å². The Kier molecular flexibility index (Phi) is 5.78. The zero-order valence-corrected chi connectivity index (χ0v) is 16.9. The van der Waals surface area contributed by atoms with Crippen LogP contribution >= 0.6 is 0 Å². The lowest BCUT2D eigenvalue weighted by Crippen LogP contribution is -2.44. The molecule has 2 aliphatic heterocycles. The number of carbonyl (C=O) groups is 1. The molecule has 154 valence electrons. The molecule has 7 heteroatoms. The molecule has 3 heterocycles. The van der Waals surface area contributed by atoms with E-state index in [2.05, 4.69) is 20.7 Å². The van der Waals surface area contributed by atoms with Gasteiger partial charge in [0.1, 0.15) is 11.6 Å². The number of hydrazine groups is 1. The van der Waals surface area contributed by atoms with Gasteiger partial charge in [-0.05, 0) is 48.6 Å². The predicted octanol–water partition coefficient (Wildman–Crippen LogP) is 2.40. The van der Waals surface area contributed by atoms with Gasteiger partial charge in [0.25, 0.3) is 5.91 Å². The Morgan fingerprint density at radius 3 is 2.66 bits per heavy atom. The third kappa shape index (κ3) is 4.26. The second-order valence-corrected chi connectivity index (χ2v) is 8.14. The smallest absolute Gasteiger partial charge is 0.254 e. The fourth-order valence-corrected chi connectivity index (χ4v) is 4.47. The molecular weight excluding hydrogens is 369 g/mol. The van der Waals surface area contributed by atoms with Crippen molar-refractivity contribution in [2.75, 3.05) is 38.6 Å². The van der Waals surface area contributed by atoms with Crippen molar-refractivity contribution in [3.63, 3.8) is 0 Å². The summed E-state index contributed by atoms with van der Waals surface area (Å²) in [6, 6.07) is 11.0. The molecule has 2 aliphatic rings. The molecule has 0 bridgehead atoms. The number of hydrogen-bond acceptors (Lipinski definition) is 5. The molecule has 2 aromatic rings. The number of carbonyl (C=O) groups excluding carboxylic acids is 1. The summed E-state index contributed by atoms with van der Waals surface area (Å²) in [7, 11) is 3.48. The van der Waals surface area contributed by atoms with Crippen LogP contribution in [0.5, 0.6) is 0 Å². The molecule has 2 unspecified atom stereocenters. The van der Waals surface area contributed by atoms with Crippen LogP contribution in [0.25, 0.3) is 0 Å². The molecule has 1 aromatic carbocycles. The molecule has 2 atom stereocenters. The summed E-state index contributed by atoms with van der Waals surface area (Å²) >= 11 is 0. The van der Waals surface area contributed by atoms with Crippen molar-refractivity contribution in [2.45, 2.75) is 24.8 Å². The first kappa shape index (κ1) is 19.8. The van der Waals surface area contributed by atoms with Crippen LogP contribution in [0.15, 0.2) is 42.6 Å². The Bertz CT molecular complexity index is 849. The Hall–Kier alpha value is -2.51. The molecule has 4 rings (SSSR count). The van der Waals surface area contributed by atoms with Gasteiger partial charge in [-0.3, -0.25) is 15.6 Å². The summed E-state index contributed by atoms with van der Waals surface area (Å²) in [5.74, 6) is 1.50. The standard InChI is InChI=1S/C22H28FN5O/c1-27(2)22(29)17-6-7-20(24-13-17)28-10-8-15(9-11-28)21-19(14-25-26-21)16-4-3-5-18(23)12-16/h3-7,12-13,15,19,21,25-26H,8-11,14H2,1-2H3. The van der Waals surface area contributed by atoms with Gasteiger partial charge >= 0.3 is 0 Å². The SMILES string of the molecule is CN(C)C(=O)c1ccc(N2CCC(C3NNCC3c3cccc(F)c3)CC2)nc1. The first-order valence-electron chi connectivity index (χ1n) is 10.2. The summed E-state index contributed by atoms with van der Waals surface area (Å²) in [4.78, 5) is 20.4. The monoisotopic (exact) mass is 397 g/mol. The third-order valence-corrected chi connectivity index (χ3v) is 6.07. The maximum Gasteiger partial charge on any atom is 0.254 e. The number of amides is 1. The van der Waals surface area contributed by atoms with E-state index in [1.807, 2.05) is 18.2 Å². The van der Waals surface area contributed by atoms with Gasteiger partial charge in [0.2, 0.25) is 0 Å². The van der Waals surface area contributed by atoms with Crippen LogP contribution < -0.4 is 15.8 Å². The van der Waals surface area contributed by atoms with Crippen LogP contribution in [0.3, 0.4) is 0 Å². The van der Waals surface area contributed by atoms with E-state index in [-0.39, 0.29) is 17.6 Å². The minimum atomic E-state index is -0.176. The molecule has 2 saturated heterocycles. The predicted molar refractivity (Wildman–Crippen MR) is 111 cm³/mol. The molecule has 0 spiro atoms. The number of anilines is 1. The zero-order valence-electron chi connectivity index (χ0n) is 16.9. The summed E-state index contributed by atoms with van der Waals surface area (Å²) in [5, 5.41) is 0. The lowest BCUT2D eigenvalue weighted by atomic mass is 9.80. The van der Waals surface area contributed by atoms with Crippen molar-refractivity contribution in [3.05, 3.63) is 59.5 Å². The van der Waals surface area contributed by atoms with Crippen molar-refractivity contribution in [1.82, 2.24) is 20.7 Å². The maximum atomic E-state index is 13.7. The summed E-state index contributed by atoms with van der Waals surface area (Å²) in [6.07, 6.45) is 3.75. The molecule has 0 radical (unpaired) electrons. The van der Waals surface area contributed by atoms with E-state index < -0.39 is 0 Å². The molecule has 2 fully saturated rings. The van der Waals surface area contributed by atoms with Crippen molar-refractivity contribution in [2.24, 2.45) is 5.92 Å². The molecule has 2 N–H and O–H groups in total. The van der Waals surface area contributed by atoms with Gasteiger partial charge in [-0.1, -0.05) is 12.1 Å². The van der Waals surface area contributed by atoms with Crippen molar-refractivity contribution in [1.29, 1.82) is 0 Å². The fraction of sp³-hybridized carbons (Fsp3) is 0.455. The highest BCUT2D eigenvalue weighted by Crippen LogP contribution is 2.33. The van der Waals surface area contributed by atoms with Crippen molar-refractivity contribution < 1.29 is 9.18 Å². The van der Waals surface area contributed by atoms with E-state index in [4.69, 9.17) is 0 Å². The Labute approximate surface area is 171 Å². The number of pyridine rings is 1. The van der Waals surface area contributed by atoms with Crippen molar-refractivity contribution in [3.8, 4) is 0 Å². The van der Waals surface area contributed by atoms with Crippen LogP contribution in [0.2, 0.25) is 0 Å². The summed E-state index contributed by atoms with van der Waals surface area (Å²) < 4.78 is 13.7. The second-order valence-electron chi connectivity index (χ2n) is 8.14. The van der Waals surface area contributed by atoms with Crippen LogP contribution in [0.4, 0.5) is 10.2 Å². The Morgan fingerprint density at radius 2 is 2.00 bits per heavy atom. The number of nitrogens with zero attached hydrogens (tertiary/aromatic N) is 3.